The molecule has 0 aromatic heterocycles. The molecule has 0 spiro atoms. The van der Waals surface area contributed by atoms with Gasteiger partial charge < -0.3 is 10.5 Å². The number of para-hydroxylation sites is 2. The van der Waals surface area contributed by atoms with E-state index >= 15 is 0 Å². The number of halogens is 1. The van der Waals surface area contributed by atoms with Crippen molar-refractivity contribution in [1.29, 1.82) is 0 Å². The maximum atomic E-state index is 13.7. The highest BCUT2D eigenvalue weighted by Gasteiger charge is 2.15. The lowest BCUT2D eigenvalue weighted by atomic mass is 10.1. The second kappa shape index (κ2) is 6.12. The zero-order valence-corrected chi connectivity index (χ0v) is 10.6. The molecule has 0 radical (unpaired) electrons. The summed E-state index contributed by atoms with van der Waals surface area (Å²) < 4.78 is 19.1. The molecule has 0 fully saturated rings. The summed E-state index contributed by atoms with van der Waals surface area (Å²) in [6.45, 7) is 0.0368. The van der Waals surface area contributed by atoms with E-state index in [0.29, 0.717) is 11.1 Å². The second-order valence-corrected chi connectivity index (χ2v) is 4.11. The van der Waals surface area contributed by atoms with Crippen LogP contribution in [-0.4, -0.2) is 4.92 Å². The molecule has 6 heteroatoms. The van der Waals surface area contributed by atoms with Crippen LogP contribution in [0.4, 0.5) is 10.1 Å². The molecule has 20 heavy (non-hydrogen) atoms. The minimum atomic E-state index is -0.536. The van der Waals surface area contributed by atoms with Crippen molar-refractivity contribution in [2.24, 2.45) is 5.73 Å². The van der Waals surface area contributed by atoms with E-state index < -0.39 is 10.7 Å². The van der Waals surface area contributed by atoms with Crippen LogP contribution >= 0.6 is 0 Å². The minimum Gasteiger partial charge on any atom is -0.485 e. The Morgan fingerprint density at radius 1 is 1.15 bits per heavy atom. The van der Waals surface area contributed by atoms with Gasteiger partial charge >= 0.3 is 0 Å². The minimum absolute atomic E-state index is 0.0353. The van der Waals surface area contributed by atoms with Crippen molar-refractivity contribution in [1.82, 2.24) is 0 Å². The van der Waals surface area contributed by atoms with Crippen molar-refractivity contribution in [2.75, 3.05) is 0 Å². The second-order valence-electron chi connectivity index (χ2n) is 4.11. The van der Waals surface area contributed by atoms with Crippen LogP contribution in [0.25, 0.3) is 0 Å². The van der Waals surface area contributed by atoms with Gasteiger partial charge in [0.25, 0.3) is 5.69 Å². The smallest absolute Gasteiger partial charge is 0.276 e. The fourth-order valence-electron chi connectivity index (χ4n) is 1.84. The van der Waals surface area contributed by atoms with Crippen LogP contribution < -0.4 is 10.5 Å². The highest BCUT2D eigenvalue weighted by Crippen LogP contribution is 2.25. The topological polar surface area (TPSA) is 78.4 Å². The van der Waals surface area contributed by atoms with Gasteiger partial charge in [0.2, 0.25) is 0 Å². The van der Waals surface area contributed by atoms with Crippen molar-refractivity contribution in [3.8, 4) is 5.75 Å². The SMILES string of the molecule is NCc1cccc(F)c1OCc1ccccc1[N+](=O)[O-]. The molecule has 2 N–H and O–H groups in total. The Balaban J connectivity index is 2.24. The van der Waals surface area contributed by atoms with Crippen LogP contribution in [0.3, 0.4) is 0 Å². The van der Waals surface area contributed by atoms with Gasteiger partial charge in [-0.15, -0.1) is 0 Å². The van der Waals surface area contributed by atoms with E-state index in [-0.39, 0.29) is 24.6 Å². The number of nitro benzene ring substituents is 1. The van der Waals surface area contributed by atoms with Gasteiger partial charge in [0.1, 0.15) is 6.61 Å². The average Bonchev–Trinajstić information content (AvgIpc) is 2.46. The van der Waals surface area contributed by atoms with Crippen LogP contribution in [0.2, 0.25) is 0 Å². The average molecular weight is 276 g/mol. The number of nitrogens with zero attached hydrogens (tertiary/aromatic N) is 1. The van der Waals surface area contributed by atoms with Gasteiger partial charge in [-0.05, 0) is 12.1 Å². The quantitative estimate of drug-likeness (QED) is 0.672. The molecule has 0 saturated heterocycles. The van der Waals surface area contributed by atoms with Crippen LogP contribution in [0.1, 0.15) is 11.1 Å². The van der Waals surface area contributed by atoms with E-state index in [9.17, 15) is 14.5 Å². The Bertz CT molecular complexity index is 632. The zero-order valence-electron chi connectivity index (χ0n) is 10.6. The molecule has 0 aliphatic rings. The number of ether oxygens (including phenoxy) is 1. The van der Waals surface area contributed by atoms with E-state index in [4.69, 9.17) is 10.5 Å². The number of hydrogen-bond donors (Lipinski definition) is 1. The fourth-order valence-corrected chi connectivity index (χ4v) is 1.84. The van der Waals surface area contributed by atoms with Gasteiger partial charge in [-0.1, -0.05) is 24.3 Å². The number of nitro groups is 1. The summed E-state index contributed by atoms with van der Waals surface area (Å²) in [7, 11) is 0. The molecule has 0 aliphatic carbocycles. The molecule has 0 amide bonds. The molecule has 2 rings (SSSR count). The van der Waals surface area contributed by atoms with Crippen molar-refractivity contribution >= 4 is 5.69 Å². The highest BCUT2D eigenvalue weighted by molar-refractivity contribution is 5.40. The monoisotopic (exact) mass is 276 g/mol. The largest absolute Gasteiger partial charge is 0.485 e. The third-order valence-corrected chi connectivity index (χ3v) is 2.83. The third-order valence-electron chi connectivity index (χ3n) is 2.83. The van der Waals surface area contributed by atoms with Crippen molar-refractivity contribution in [3.05, 3.63) is 69.5 Å². The van der Waals surface area contributed by atoms with Gasteiger partial charge in [-0.2, -0.15) is 0 Å². The van der Waals surface area contributed by atoms with Gasteiger partial charge in [-0.25, -0.2) is 4.39 Å². The molecule has 0 unspecified atom stereocenters. The standard InChI is InChI=1S/C14H13FN2O3/c15-12-6-3-5-10(8-16)14(12)20-9-11-4-1-2-7-13(11)17(18)19/h1-7H,8-9,16H2. The molecular formula is C14H13FN2O3. The number of rotatable bonds is 5. The van der Waals surface area contributed by atoms with Crippen LogP contribution in [0, 0.1) is 15.9 Å². The van der Waals surface area contributed by atoms with Gasteiger partial charge in [0.05, 0.1) is 10.5 Å². The molecule has 104 valence electrons. The van der Waals surface area contributed by atoms with Crippen molar-refractivity contribution in [2.45, 2.75) is 13.2 Å². The summed E-state index contributed by atoms with van der Waals surface area (Å²) >= 11 is 0. The van der Waals surface area contributed by atoms with Crippen molar-refractivity contribution < 1.29 is 14.1 Å². The summed E-state index contributed by atoms with van der Waals surface area (Å²) in [5.41, 5.74) is 6.35. The molecule has 2 aromatic rings. The van der Waals surface area contributed by atoms with Gasteiger partial charge in [-0.3, -0.25) is 10.1 Å². The van der Waals surface area contributed by atoms with E-state index in [1.807, 2.05) is 0 Å². The summed E-state index contributed by atoms with van der Waals surface area (Å²) in [5, 5.41) is 10.9. The number of benzene rings is 2. The predicted octanol–water partition coefficient (Wildman–Crippen LogP) is 2.77. The Kier molecular flexibility index (Phi) is 4.27. The molecular weight excluding hydrogens is 263 g/mol. The van der Waals surface area contributed by atoms with Crippen LogP contribution in [-0.2, 0) is 13.2 Å². The Morgan fingerprint density at radius 2 is 1.85 bits per heavy atom. The lowest BCUT2D eigenvalue weighted by Crippen LogP contribution is -2.06. The molecule has 0 saturated carbocycles. The van der Waals surface area contributed by atoms with Gasteiger partial charge in [0.15, 0.2) is 11.6 Å². The first-order valence-corrected chi connectivity index (χ1v) is 5.96. The first kappa shape index (κ1) is 14.0. The normalized spacial score (nSPS) is 10.3. The van der Waals surface area contributed by atoms with E-state index in [0.717, 1.165) is 0 Å². The summed E-state index contributed by atoms with van der Waals surface area (Å²) in [4.78, 5) is 10.4. The summed E-state index contributed by atoms with van der Waals surface area (Å²) in [5.74, 6) is -0.500. The Hall–Kier alpha value is -2.47. The van der Waals surface area contributed by atoms with Crippen molar-refractivity contribution in [3.63, 3.8) is 0 Å². The molecule has 0 bridgehead atoms. The maximum Gasteiger partial charge on any atom is 0.276 e. The predicted molar refractivity (Wildman–Crippen MR) is 71.7 cm³/mol. The lowest BCUT2D eigenvalue weighted by molar-refractivity contribution is -0.385. The Labute approximate surface area is 114 Å². The maximum absolute atomic E-state index is 13.7. The lowest BCUT2D eigenvalue weighted by Gasteiger charge is -2.11. The van der Waals surface area contributed by atoms with Crippen LogP contribution in [0.15, 0.2) is 42.5 Å². The number of nitrogens with two attached hydrogens (primary N) is 1. The van der Waals surface area contributed by atoms with E-state index in [1.165, 1.54) is 18.2 Å². The molecule has 0 heterocycles. The number of hydrogen-bond acceptors (Lipinski definition) is 4. The first-order chi connectivity index (χ1) is 9.63. The van der Waals surface area contributed by atoms with E-state index in [2.05, 4.69) is 0 Å². The van der Waals surface area contributed by atoms with Crippen LogP contribution in [0.5, 0.6) is 5.75 Å². The third kappa shape index (κ3) is 2.92. The molecule has 0 aliphatic heterocycles. The molecule has 0 atom stereocenters. The Morgan fingerprint density at radius 3 is 2.55 bits per heavy atom. The zero-order chi connectivity index (χ0) is 14.5. The molecule has 2 aromatic carbocycles. The fraction of sp³-hybridized carbons (Fsp3) is 0.143. The first-order valence-electron chi connectivity index (χ1n) is 5.96. The highest BCUT2D eigenvalue weighted by atomic mass is 19.1. The van der Waals surface area contributed by atoms with E-state index in [1.54, 1.807) is 24.3 Å². The summed E-state index contributed by atoms with van der Waals surface area (Å²) in [6, 6.07) is 10.6. The molecule has 5 nitrogen and oxygen atoms in total. The summed E-state index contributed by atoms with van der Waals surface area (Å²) in [6.07, 6.45) is 0. The van der Waals surface area contributed by atoms with Gasteiger partial charge in [0, 0.05) is 18.2 Å².